The molecule has 0 radical (unpaired) electrons. The van der Waals surface area contributed by atoms with E-state index in [0.29, 0.717) is 17.3 Å². The lowest BCUT2D eigenvalue weighted by Crippen LogP contribution is -2.30. The maximum absolute atomic E-state index is 11.5. The van der Waals surface area contributed by atoms with Gasteiger partial charge in [0.1, 0.15) is 5.69 Å². The van der Waals surface area contributed by atoms with Gasteiger partial charge in [0, 0.05) is 22.1 Å². The van der Waals surface area contributed by atoms with Gasteiger partial charge in [0.2, 0.25) is 0 Å². The Labute approximate surface area is 126 Å². The van der Waals surface area contributed by atoms with Gasteiger partial charge >= 0.3 is 0 Å². The van der Waals surface area contributed by atoms with Crippen molar-refractivity contribution in [3.8, 4) is 0 Å². The van der Waals surface area contributed by atoms with E-state index in [9.17, 15) is 4.79 Å². The molecule has 106 valence electrons. The highest BCUT2D eigenvalue weighted by Crippen LogP contribution is 2.21. The molecule has 0 unspecified atom stereocenters. The lowest BCUT2D eigenvalue weighted by molar-refractivity contribution is 0.0948. The molecule has 2 aromatic heterocycles. The highest BCUT2D eigenvalue weighted by Gasteiger charge is 2.07. The summed E-state index contributed by atoms with van der Waals surface area (Å²) in [6, 6.07) is 13.0. The van der Waals surface area contributed by atoms with Crippen LogP contribution < -0.4 is 11.3 Å². The van der Waals surface area contributed by atoms with E-state index < -0.39 is 5.91 Å². The number of carbonyl (C=O) groups excluding carboxylic acids is 1. The quantitative estimate of drug-likeness (QED) is 0.443. The van der Waals surface area contributed by atoms with Crippen LogP contribution in [0.5, 0.6) is 0 Å². The molecule has 3 aromatic rings. The van der Waals surface area contributed by atoms with Gasteiger partial charge in [0.25, 0.3) is 5.91 Å². The third kappa shape index (κ3) is 2.74. The number of nitrogens with one attached hydrogen (secondary N) is 1. The van der Waals surface area contributed by atoms with Crippen LogP contribution in [0.15, 0.2) is 48.7 Å². The van der Waals surface area contributed by atoms with Crippen LogP contribution in [0.1, 0.15) is 16.2 Å². The smallest absolute Gasteiger partial charge is 0.283 e. The zero-order valence-corrected chi connectivity index (χ0v) is 11.8. The number of benzene rings is 1. The van der Waals surface area contributed by atoms with E-state index in [1.807, 2.05) is 36.5 Å². The summed E-state index contributed by atoms with van der Waals surface area (Å²) < 4.78 is 2.05. The second-order valence-electron chi connectivity index (χ2n) is 4.63. The lowest BCUT2D eigenvalue weighted by Gasteiger charge is -2.07. The van der Waals surface area contributed by atoms with Crippen LogP contribution in [0.4, 0.5) is 0 Å². The minimum atomic E-state index is -0.402. The average Bonchev–Trinajstić information content (AvgIpc) is 2.89. The molecule has 0 aliphatic carbocycles. The van der Waals surface area contributed by atoms with E-state index in [2.05, 4.69) is 15.0 Å². The first-order valence-electron chi connectivity index (χ1n) is 6.38. The largest absolute Gasteiger partial charge is 0.341 e. The average molecular weight is 301 g/mol. The Morgan fingerprint density at radius 1 is 1.29 bits per heavy atom. The van der Waals surface area contributed by atoms with Gasteiger partial charge in [-0.25, -0.2) is 10.8 Å². The van der Waals surface area contributed by atoms with Gasteiger partial charge in [-0.3, -0.25) is 10.2 Å². The number of amides is 1. The zero-order valence-electron chi connectivity index (χ0n) is 11.1. The Kier molecular flexibility index (Phi) is 3.60. The Morgan fingerprint density at radius 2 is 2.14 bits per heavy atom. The standard InChI is InChI=1S/C15H13ClN4O/c16-11-4-5-14-10(8-11)6-7-20(14)9-12-2-1-3-13(18-12)15(21)19-17/h1-8H,9,17H2,(H,19,21). The molecule has 21 heavy (non-hydrogen) atoms. The van der Waals surface area contributed by atoms with Crippen LogP contribution in [0.3, 0.4) is 0 Å². The molecule has 2 heterocycles. The Morgan fingerprint density at radius 3 is 2.95 bits per heavy atom. The minimum absolute atomic E-state index is 0.300. The van der Waals surface area contributed by atoms with Crippen LogP contribution in [-0.4, -0.2) is 15.5 Å². The summed E-state index contributed by atoms with van der Waals surface area (Å²) in [5.74, 6) is 4.72. The van der Waals surface area contributed by atoms with E-state index in [4.69, 9.17) is 17.4 Å². The first-order valence-corrected chi connectivity index (χ1v) is 6.76. The van der Waals surface area contributed by atoms with Crippen molar-refractivity contribution in [3.63, 3.8) is 0 Å². The molecule has 0 bridgehead atoms. The van der Waals surface area contributed by atoms with Gasteiger partial charge < -0.3 is 4.57 Å². The molecule has 3 N–H and O–H groups in total. The fraction of sp³-hybridized carbons (Fsp3) is 0.0667. The number of rotatable bonds is 3. The van der Waals surface area contributed by atoms with Crippen molar-refractivity contribution >= 4 is 28.4 Å². The Hall–Kier alpha value is -2.37. The van der Waals surface area contributed by atoms with Crippen molar-refractivity contribution in [2.75, 3.05) is 0 Å². The lowest BCUT2D eigenvalue weighted by atomic mass is 10.2. The molecule has 0 saturated heterocycles. The second kappa shape index (κ2) is 5.55. The molecule has 0 fully saturated rings. The topological polar surface area (TPSA) is 72.9 Å². The third-order valence-electron chi connectivity index (χ3n) is 3.24. The fourth-order valence-electron chi connectivity index (χ4n) is 2.25. The molecule has 0 saturated carbocycles. The Balaban J connectivity index is 1.93. The molecule has 0 aliphatic rings. The highest BCUT2D eigenvalue weighted by molar-refractivity contribution is 6.31. The first-order chi connectivity index (χ1) is 10.2. The number of hydrogen-bond acceptors (Lipinski definition) is 3. The van der Waals surface area contributed by atoms with Crippen molar-refractivity contribution in [3.05, 3.63) is 65.1 Å². The van der Waals surface area contributed by atoms with Crippen LogP contribution >= 0.6 is 11.6 Å². The maximum atomic E-state index is 11.5. The van der Waals surface area contributed by atoms with Gasteiger partial charge in [-0.05, 0) is 36.4 Å². The number of hydrogen-bond donors (Lipinski definition) is 2. The second-order valence-corrected chi connectivity index (χ2v) is 5.07. The van der Waals surface area contributed by atoms with Crippen molar-refractivity contribution in [1.29, 1.82) is 0 Å². The van der Waals surface area contributed by atoms with Crippen LogP contribution in [-0.2, 0) is 6.54 Å². The summed E-state index contributed by atoms with van der Waals surface area (Å²) in [5.41, 5.74) is 4.23. The number of halogens is 1. The predicted octanol–water partition coefficient (Wildman–Crippen LogP) is 2.34. The van der Waals surface area contributed by atoms with Crippen molar-refractivity contribution in [2.24, 2.45) is 5.84 Å². The van der Waals surface area contributed by atoms with E-state index >= 15 is 0 Å². The van der Waals surface area contributed by atoms with Crippen molar-refractivity contribution in [2.45, 2.75) is 6.54 Å². The van der Waals surface area contributed by atoms with E-state index in [1.165, 1.54) is 0 Å². The van der Waals surface area contributed by atoms with E-state index in [0.717, 1.165) is 16.6 Å². The third-order valence-corrected chi connectivity index (χ3v) is 3.47. The summed E-state index contributed by atoms with van der Waals surface area (Å²) in [4.78, 5) is 15.8. The first kappa shape index (κ1) is 13.6. The maximum Gasteiger partial charge on any atom is 0.283 e. The SMILES string of the molecule is NNC(=O)c1cccc(Cn2ccc3cc(Cl)ccc32)n1. The minimum Gasteiger partial charge on any atom is -0.341 e. The van der Waals surface area contributed by atoms with Crippen LogP contribution in [0.25, 0.3) is 10.9 Å². The molecule has 3 rings (SSSR count). The van der Waals surface area contributed by atoms with Crippen molar-refractivity contribution in [1.82, 2.24) is 15.0 Å². The number of fused-ring (bicyclic) bond motifs is 1. The van der Waals surface area contributed by atoms with E-state index in [1.54, 1.807) is 12.1 Å². The monoisotopic (exact) mass is 300 g/mol. The summed E-state index contributed by atoms with van der Waals surface area (Å²) in [6.07, 6.45) is 1.97. The van der Waals surface area contributed by atoms with Crippen LogP contribution in [0, 0.1) is 0 Å². The number of nitrogen functional groups attached to an aromatic ring is 1. The van der Waals surface area contributed by atoms with Gasteiger partial charge in [-0.2, -0.15) is 0 Å². The summed E-state index contributed by atoms with van der Waals surface area (Å²) in [5, 5.41) is 1.78. The summed E-state index contributed by atoms with van der Waals surface area (Å²) in [7, 11) is 0. The molecule has 5 nitrogen and oxygen atoms in total. The number of nitrogens with zero attached hydrogens (tertiary/aromatic N) is 2. The molecule has 1 aromatic carbocycles. The number of pyridine rings is 1. The Bertz CT molecular complexity index is 812. The molecule has 0 aliphatic heterocycles. The molecular formula is C15H13ClN4O. The molecular weight excluding hydrogens is 288 g/mol. The number of aromatic nitrogens is 2. The van der Waals surface area contributed by atoms with Gasteiger partial charge in [-0.15, -0.1) is 0 Å². The van der Waals surface area contributed by atoms with Gasteiger partial charge in [-0.1, -0.05) is 17.7 Å². The number of nitrogens with two attached hydrogens (primary N) is 1. The predicted molar refractivity (Wildman–Crippen MR) is 81.9 cm³/mol. The zero-order chi connectivity index (χ0) is 14.8. The van der Waals surface area contributed by atoms with Crippen molar-refractivity contribution < 1.29 is 4.79 Å². The summed E-state index contributed by atoms with van der Waals surface area (Å²) >= 11 is 5.98. The summed E-state index contributed by atoms with van der Waals surface area (Å²) in [6.45, 7) is 0.566. The molecule has 0 spiro atoms. The number of hydrazine groups is 1. The van der Waals surface area contributed by atoms with E-state index in [-0.39, 0.29) is 0 Å². The van der Waals surface area contributed by atoms with Crippen LogP contribution in [0.2, 0.25) is 5.02 Å². The highest BCUT2D eigenvalue weighted by atomic mass is 35.5. The normalized spacial score (nSPS) is 10.8. The molecule has 0 atom stereocenters. The van der Waals surface area contributed by atoms with Gasteiger partial charge in [0.05, 0.1) is 12.2 Å². The molecule has 6 heteroatoms. The molecule has 1 amide bonds. The fourth-order valence-corrected chi connectivity index (χ4v) is 2.43. The van der Waals surface area contributed by atoms with Gasteiger partial charge in [0.15, 0.2) is 0 Å². The number of carbonyl (C=O) groups is 1.